The summed E-state index contributed by atoms with van der Waals surface area (Å²) >= 11 is 0. The van der Waals surface area contributed by atoms with Crippen LogP contribution < -0.4 is 0 Å². The van der Waals surface area contributed by atoms with Gasteiger partial charge in [-0.15, -0.1) is 6.58 Å². The molecule has 0 aromatic heterocycles. The highest BCUT2D eigenvalue weighted by molar-refractivity contribution is 5.31. The van der Waals surface area contributed by atoms with Gasteiger partial charge in [0, 0.05) is 6.61 Å². The van der Waals surface area contributed by atoms with Gasteiger partial charge in [0.1, 0.15) is 0 Å². The molecule has 1 nitrogen and oxygen atoms in total. The lowest BCUT2D eigenvalue weighted by atomic mass is 9.77. The van der Waals surface area contributed by atoms with Crippen LogP contribution in [-0.4, -0.2) is 13.2 Å². The van der Waals surface area contributed by atoms with Crippen molar-refractivity contribution >= 4 is 0 Å². The van der Waals surface area contributed by atoms with Gasteiger partial charge >= 0.3 is 0 Å². The Hall–Kier alpha value is -1.08. The molecule has 1 aliphatic rings. The van der Waals surface area contributed by atoms with E-state index in [1.54, 1.807) is 11.1 Å². The highest BCUT2D eigenvalue weighted by Gasteiger charge is 2.23. The summed E-state index contributed by atoms with van der Waals surface area (Å²) in [6, 6.07) is 9.25. The summed E-state index contributed by atoms with van der Waals surface area (Å²) in [5, 5.41) is 0. The molecule has 1 aromatic carbocycles. The minimum Gasteiger partial charge on any atom is -0.377 e. The van der Waals surface area contributed by atoms with Gasteiger partial charge in [-0.25, -0.2) is 0 Å². The molecule has 26 heavy (non-hydrogen) atoms. The third-order valence-electron chi connectivity index (χ3n) is 5.98. The molecule has 1 saturated carbocycles. The average Bonchev–Trinajstić information content (AvgIpc) is 2.68. The van der Waals surface area contributed by atoms with E-state index in [1.807, 2.05) is 6.08 Å². The van der Waals surface area contributed by atoms with Crippen LogP contribution in [0.25, 0.3) is 0 Å². The summed E-state index contributed by atoms with van der Waals surface area (Å²) < 4.78 is 5.67. The van der Waals surface area contributed by atoms with Crippen molar-refractivity contribution < 1.29 is 4.74 Å². The molecule has 0 spiro atoms. The molecular weight excluding hydrogens is 316 g/mol. The summed E-state index contributed by atoms with van der Waals surface area (Å²) in [6.45, 7) is 7.63. The van der Waals surface area contributed by atoms with Crippen molar-refractivity contribution in [1.82, 2.24) is 0 Å². The Bertz CT molecular complexity index is 485. The molecular formula is C25H40O. The monoisotopic (exact) mass is 356 g/mol. The fourth-order valence-electron chi connectivity index (χ4n) is 4.39. The first kappa shape index (κ1) is 21.2. The van der Waals surface area contributed by atoms with Crippen molar-refractivity contribution in [1.29, 1.82) is 0 Å². The third kappa shape index (κ3) is 7.66. The second-order valence-electron chi connectivity index (χ2n) is 8.11. The summed E-state index contributed by atoms with van der Waals surface area (Å²) in [7, 11) is 0. The third-order valence-corrected chi connectivity index (χ3v) is 5.98. The van der Waals surface area contributed by atoms with Crippen molar-refractivity contribution in [3.8, 4) is 0 Å². The molecule has 0 amide bonds. The Morgan fingerprint density at radius 2 is 1.65 bits per heavy atom. The van der Waals surface area contributed by atoms with E-state index in [-0.39, 0.29) is 0 Å². The fraction of sp³-hybridized carbons (Fsp3) is 0.680. The number of benzene rings is 1. The van der Waals surface area contributed by atoms with Crippen LogP contribution in [-0.2, 0) is 11.2 Å². The van der Waals surface area contributed by atoms with Gasteiger partial charge in [-0.05, 0) is 61.5 Å². The zero-order valence-corrected chi connectivity index (χ0v) is 17.1. The van der Waals surface area contributed by atoms with E-state index in [0.29, 0.717) is 6.61 Å². The fourth-order valence-corrected chi connectivity index (χ4v) is 4.39. The van der Waals surface area contributed by atoms with E-state index in [9.17, 15) is 0 Å². The lowest BCUT2D eigenvalue weighted by Gasteiger charge is -2.30. The smallest absolute Gasteiger partial charge is 0.0644 e. The lowest BCUT2D eigenvalue weighted by Crippen LogP contribution is -2.18. The maximum absolute atomic E-state index is 5.67. The Labute approximate surface area is 162 Å². The van der Waals surface area contributed by atoms with Crippen molar-refractivity contribution in [3.05, 3.63) is 48.0 Å². The van der Waals surface area contributed by atoms with Crippen LogP contribution in [0.3, 0.4) is 0 Å². The standard InChI is InChI=1S/C25H40O/c1-3-5-6-7-8-9-10-13-23-14-11-12-15-25(23)24-18-16-22(17-19-24)21-26-20-4-2/h4,11-12,14-15,22,24H,2-3,5-10,13,16-21H2,1H3. The normalized spacial score (nSPS) is 20.2. The number of unbranched alkanes of at least 4 members (excludes halogenated alkanes) is 6. The summed E-state index contributed by atoms with van der Waals surface area (Å²) in [4.78, 5) is 0. The van der Waals surface area contributed by atoms with Crippen LogP contribution in [0.2, 0.25) is 0 Å². The van der Waals surface area contributed by atoms with Crippen LogP contribution in [0.15, 0.2) is 36.9 Å². The van der Waals surface area contributed by atoms with Gasteiger partial charge in [0.15, 0.2) is 0 Å². The Morgan fingerprint density at radius 3 is 2.38 bits per heavy atom. The second-order valence-corrected chi connectivity index (χ2v) is 8.11. The molecule has 0 N–H and O–H groups in total. The zero-order chi connectivity index (χ0) is 18.5. The van der Waals surface area contributed by atoms with Crippen LogP contribution in [0.4, 0.5) is 0 Å². The topological polar surface area (TPSA) is 9.23 Å². The molecule has 1 aromatic rings. The van der Waals surface area contributed by atoms with E-state index in [1.165, 1.54) is 77.0 Å². The SMILES string of the molecule is C=CCOCC1CCC(c2ccccc2CCCCCCCCC)CC1. The average molecular weight is 357 g/mol. The van der Waals surface area contributed by atoms with Crippen molar-refractivity contribution in [2.45, 2.75) is 89.9 Å². The predicted octanol–water partition coefficient (Wildman–Crippen LogP) is 7.46. The molecule has 1 heteroatoms. The second kappa shape index (κ2) is 13.1. The minimum atomic E-state index is 0.696. The number of hydrogen-bond donors (Lipinski definition) is 0. The molecule has 146 valence electrons. The van der Waals surface area contributed by atoms with E-state index < -0.39 is 0 Å². The number of rotatable bonds is 13. The number of ether oxygens (including phenoxy) is 1. The van der Waals surface area contributed by atoms with Crippen LogP contribution in [0, 0.1) is 5.92 Å². The van der Waals surface area contributed by atoms with Gasteiger partial charge < -0.3 is 4.74 Å². The largest absolute Gasteiger partial charge is 0.377 e. The van der Waals surface area contributed by atoms with E-state index in [0.717, 1.165) is 18.4 Å². The van der Waals surface area contributed by atoms with Crippen LogP contribution in [0.5, 0.6) is 0 Å². The molecule has 0 heterocycles. The summed E-state index contributed by atoms with van der Waals surface area (Å²) in [5.41, 5.74) is 3.26. The molecule has 2 rings (SSSR count). The first-order valence-electron chi connectivity index (χ1n) is 11.1. The Morgan fingerprint density at radius 1 is 0.962 bits per heavy atom. The molecule has 1 fully saturated rings. The van der Waals surface area contributed by atoms with E-state index >= 15 is 0 Å². The molecule has 0 saturated heterocycles. The molecule has 0 aliphatic heterocycles. The predicted molar refractivity (Wildman–Crippen MR) is 114 cm³/mol. The van der Waals surface area contributed by atoms with Crippen molar-refractivity contribution in [3.63, 3.8) is 0 Å². The number of hydrogen-bond acceptors (Lipinski definition) is 1. The molecule has 0 unspecified atom stereocenters. The van der Waals surface area contributed by atoms with Gasteiger partial charge in [0.2, 0.25) is 0 Å². The van der Waals surface area contributed by atoms with E-state index in [2.05, 4.69) is 37.8 Å². The highest BCUT2D eigenvalue weighted by Crippen LogP contribution is 2.37. The van der Waals surface area contributed by atoms with Gasteiger partial charge in [-0.3, -0.25) is 0 Å². The van der Waals surface area contributed by atoms with Crippen molar-refractivity contribution in [2.75, 3.05) is 13.2 Å². The maximum atomic E-state index is 5.67. The summed E-state index contributed by atoms with van der Waals surface area (Å²) in [6.07, 6.45) is 18.2. The summed E-state index contributed by atoms with van der Waals surface area (Å²) in [5.74, 6) is 1.52. The maximum Gasteiger partial charge on any atom is 0.0644 e. The van der Waals surface area contributed by atoms with Gasteiger partial charge in [0.05, 0.1) is 6.61 Å². The highest BCUT2D eigenvalue weighted by atomic mass is 16.5. The van der Waals surface area contributed by atoms with Crippen LogP contribution in [0.1, 0.15) is 94.6 Å². The first-order valence-corrected chi connectivity index (χ1v) is 11.1. The first-order chi connectivity index (χ1) is 12.8. The van der Waals surface area contributed by atoms with Crippen LogP contribution >= 0.6 is 0 Å². The quantitative estimate of drug-likeness (QED) is 0.263. The number of aryl methyl sites for hydroxylation is 1. The van der Waals surface area contributed by atoms with Crippen molar-refractivity contribution in [2.24, 2.45) is 5.92 Å². The zero-order valence-electron chi connectivity index (χ0n) is 17.1. The molecule has 0 atom stereocenters. The van der Waals surface area contributed by atoms with Gasteiger partial charge in [-0.2, -0.15) is 0 Å². The van der Waals surface area contributed by atoms with E-state index in [4.69, 9.17) is 4.74 Å². The lowest BCUT2D eigenvalue weighted by molar-refractivity contribution is 0.102. The Balaban J connectivity index is 1.73. The Kier molecular flexibility index (Phi) is 10.7. The van der Waals surface area contributed by atoms with Gasteiger partial charge in [0.25, 0.3) is 0 Å². The molecule has 1 aliphatic carbocycles. The van der Waals surface area contributed by atoms with Gasteiger partial charge in [-0.1, -0.05) is 75.8 Å². The molecule has 0 radical (unpaired) electrons. The molecule has 0 bridgehead atoms. The minimum absolute atomic E-state index is 0.696.